The molecule has 0 radical (unpaired) electrons. The van der Waals surface area contributed by atoms with Crippen LogP contribution in [0.1, 0.15) is 18.9 Å². The van der Waals surface area contributed by atoms with Crippen molar-refractivity contribution in [3.8, 4) is 0 Å². The van der Waals surface area contributed by atoms with E-state index in [4.69, 9.17) is 10.9 Å². The number of amides is 2. The molecule has 3 rings (SSSR count). The summed E-state index contributed by atoms with van der Waals surface area (Å²) in [6.07, 6.45) is 0.382. The average Bonchev–Trinajstić information content (AvgIpc) is 3.14. The zero-order chi connectivity index (χ0) is 22.1. The van der Waals surface area contributed by atoms with E-state index in [-0.39, 0.29) is 22.7 Å². The number of hydrogen-bond acceptors (Lipinski definition) is 6. The van der Waals surface area contributed by atoms with Crippen molar-refractivity contribution < 1.29 is 22.4 Å². The van der Waals surface area contributed by atoms with Gasteiger partial charge in [0.25, 0.3) is 5.91 Å². The molecule has 1 aliphatic rings. The summed E-state index contributed by atoms with van der Waals surface area (Å²) < 4.78 is 36.8. The van der Waals surface area contributed by atoms with Crippen molar-refractivity contribution in [3.05, 3.63) is 53.8 Å². The van der Waals surface area contributed by atoms with Gasteiger partial charge >= 0.3 is 0 Å². The highest BCUT2D eigenvalue weighted by atomic mass is 32.2. The second-order valence-corrected chi connectivity index (χ2v) is 8.20. The molecule has 0 fully saturated rings. The minimum atomic E-state index is -3.97. The maximum absolute atomic E-state index is 13.2. The van der Waals surface area contributed by atoms with Gasteiger partial charge in [0, 0.05) is 12.1 Å². The number of halogens is 1. The molecule has 0 aliphatic carbocycles. The molecule has 1 aliphatic heterocycles. The summed E-state index contributed by atoms with van der Waals surface area (Å²) >= 11 is 0. The van der Waals surface area contributed by atoms with Crippen molar-refractivity contribution in [1.29, 1.82) is 0 Å². The fraction of sp³-hybridized carbons (Fsp3) is 0.211. The predicted molar refractivity (Wildman–Crippen MR) is 110 cm³/mol. The maximum Gasteiger partial charge on any atom is 0.271 e. The van der Waals surface area contributed by atoms with Gasteiger partial charge in [-0.15, -0.1) is 0 Å². The first-order valence-electron chi connectivity index (χ1n) is 8.99. The fourth-order valence-electron chi connectivity index (χ4n) is 3.09. The largest absolute Gasteiger partial charge is 0.368 e. The summed E-state index contributed by atoms with van der Waals surface area (Å²) in [4.78, 5) is 24.4. The third-order valence-electron chi connectivity index (χ3n) is 4.60. The molecule has 0 bridgehead atoms. The summed E-state index contributed by atoms with van der Waals surface area (Å²) in [7, 11) is -3.97. The molecule has 9 nitrogen and oxygen atoms in total. The number of benzene rings is 2. The molecule has 2 aromatic rings. The number of hydrazone groups is 1. The Labute approximate surface area is 172 Å². The molecule has 1 atom stereocenters. The Bertz CT molecular complexity index is 1130. The number of nitrogens with two attached hydrogens (primary N) is 2. The van der Waals surface area contributed by atoms with Gasteiger partial charge in [-0.1, -0.05) is 13.0 Å². The zero-order valence-corrected chi connectivity index (χ0v) is 16.8. The standard InChI is InChI=1S/C19H20FN5O4S/c1-2-11-3-6-13(9-17(11)30(22,28)29)23-19(27)15-10-16(18(21)26)25(24-15)14-7-4-12(20)5-8-14/h3-9,16H,2,10H2,1H3,(H2,21,26)(H,23,27)(H2,22,28,29). The molecule has 11 heteroatoms. The fourth-order valence-corrected chi connectivity index (χ4v) is 3.96. The Morgan fingerprint density at radius 1 is 1.23 bits per heavy atom. The van der Waals surface area contributed by atoms with Gasteiger partial charge in [0.2, 0.25) is 15.9 Å². The molecule has 1 heterocycles. The predicted octanol–water partition coefficient (Wildman–Crippen LogP) is 1.09. The lowest BCUT2D eigenvalue weighted by Gasteiger charge is -2.20. The van der Waals surface area contributed by atoms with E-state index in [2.05, 4.69) is 10.4 Å². The molecular formula is C19H20FN5O4S. The van der Waals surface area contributed by atoms with Crippen LogP contribution < -0.4 is 21.2 Å². The van der Waals surface area contributed by atoms with Gasteiger partial charge in [0.05, 0.1) is 10.6 Å². The van der Waals surface area contributed by atoms with E-state index in [0.717, 1.165) is 0 Å². The van der Waals surface area contributed by atoms with E-state index in [1.165, 1.54) is 35.3 Å². The third kappa shape index (κ3) is 4.47. The number of sulfonamides is 1. The number of nitrogens with one attached hydrogen (secondary N) is 1. The van der Waals surface area contributed by atoms with E-state index in [1.807, 2.05) is 0 Å². The highest BCUT2D eigenvalue weighted by Gasteiger charge is 2.35. The number of carbonyl (C=O) groups excluding carboxylic acids is 2. The number of carbonyl (C=O) groups is 2. The van der Waals surface area contributed by atoms with Crippen molar-refractivity contribution in [1.82, 2.24) is 0 Å². The van der Waals surface area contributed by atoms with Gasteiger partial charge in [0.1, 0.15) is 17.6 Å². The molecule has 0 aromatic heterocycles. The van der Waals surface area contributed by atoms with Crippen LogP contribution in [0.3, 0.4) is 0 Å². The minimum absolute atomic E-state index is 0.0137. The van der Waals surface area contributed by atoms with Gasteiger partial charge in [-0.25, -0.2) is 17.9 Å². The highest BCUT2D eigenvalue weighted by Crippen LogP contribution is 2.26. The summed E-state index contributed by atoms with van der Waals surface area (Å²) in [5.74, 6) is -1.79. The second-order valence-electron chi connectivity index (χ2n) is 6.67. The lowest BCUT2D eigenvalue weighted by atomic mass is 10.1. The van der Waals surface area contributed by atoms with Gasteiger partial charge in [0.15, 0.2) is 0 Å². The molecule has 0 saturated carbocycles. The monoisotopic (exact) mass is 433 g/mol. The van der Waals surface area contributed by atoms with Gasteiger partial charge in [-0.2, -0.15) is 5.10 Å². The number of primary amides is 1. The minimum Gasteiger partial charge on any atom is -0.368 e. The van der Waals surface area contributed by atoms with Crippen LogP contribution in [0.2, 0.25) is 0 Å². The Kier molecular flexibility index (Phi) is 5.85. The maximum atomic E-state index is 13.2. The Morgan fingerprint density at radius 2 is 1.90 bits per heavy atom. The Hall–Kier alpha value is -3.31. The van der Waals surface area contributed by atoms with Crippen LogP contribution in [0.15, 0.2) is 52.5 Å². The van der Waals surface area contributed by atoms with E-state index in [9.17, 15) is 22.4 Å². The van der Waals surface area contributed by atoms with E-state index >= 15 is 0 Å². The summed E-state index contributed by atoms with van der Waals surface area (Å²) in [5.41, 5.74) is 6.57. The summed E-state index contributed by atoms with van der Waals surface area (Å²) in [6.45, 7) is 1.78. The third-order valence-corrected chi connectivity index (χ3v) is 5.60. The topological polar surface area (TPSA) is 148 Å². The normalized spacial score (nSPS) is 16.3. The Balaban J connectivity index is 1.87. The quantitative estimate of drug-likeness (QED) is 0.624. The number of anilines is 2. The van der Waals surface area contributed by atoms with Crippen molar-refractivity contribution in [3.63, 3.8) is 0 Å². The van der Waals surface area contributed by atoms with Crippen molar-refractivity contribution >= 4 is 38.9 Å². The average molecular weight is 433 g/mol. The summed E-state index contributed by atoms with van der Waals surface area (Å²) in [6, 6.07) is 8.68. The van der Waals surface area contributed by atoms with Crippen molar-refractivity contribution in [2.45, 2.75) is 30.7 Å². The van der Waals surface area contributed by atoms with E-state index in [1.54, 1.807) is 19.1 Å². The van der Waals surface area contributed by atoms with Crippen LogP contribution in [-0.4, -0.2) is 32.0 Å². The molecule has 1 unspecified atom stereocenters. The van der Waals surface area contributed by atoms with Crippen LogP contribution in [0.5, 0.6) is 0 Å². The smallest absolute Gasteiger partial charge is 0.271 e. The van der Waals surface area contributed by atoms with Gasteiger partial charge in [-0.05, 0) is 48.4 Å². The van der Waals surface area contributed by atoms with Crippen LogP contribution in [0, 0.1) is 5.82 Å². The molecule has 0 spiro atoms. The highest BCUT2D eigenvalue weighted by molar-refractivity contribution is 7.89. The van der Waals surface area contributed by atoms with E-state index in [0.29, 0.717) is 17.7 Å². The van der Waals surface area contributed by atoms with E-state index < -0.39 is 33.7 Å². The number of aryl methyl sites for hydroxylation is 1. The first-order chi connectivity index (χ1) is 14.1. The Morgan fingerprint density at radius 3 is 2.47 bits per heavy atom. The zero-order valence-electron chi connectivity index (χ0n) is 16.0. The number of nitrogens with zero attached hydrogens (tertiary/aromatic N) is 2. The molecule has 158 valence electrons. The molecule has 0 saturated heterocycles. The van der Waals surface area contributed by atoms with Gasteiger partial charge < -0.3 is 11.1 Å². The molecular weight excluding hydrogens is 413 g/mol. The molecule has 2 amide bonds. The van der Waals surface area contributed by atoms with Crippen LogP contribution in [0.4, 0.5) is 15.8 Å². The SMILES string of the molecule is CCc1ccc(NC(=O)C2=NN(c3ccc(F)cc3)C(C(N)=O)C2)cc1S(N)(=O)=O. The lowest BCUT2D eigenvalue weighted by Crippen LogP contribution is -2.39. The van der Waals surface area contributed by atoms with Gasteiger partial charge in [-0.3, -0.25) is 14.6 Å². The first-order valence-corrected chi connectivity index (χ1v) is 10.5. The van der Waals surface area contributed by atoms with Crippen molar-refractivity contribution in [2.24, 2.45) is 16.0 Å². The molecule has 2 aromatic carbocycles. The second kappa shape index (κ2) is 8.20. The lowest BCUT2D eigenvalue weighted by molar-refractivity contribution is -0.119. The molecule has 5 N–H and O–H groups in total. The first kappa shape index (κ1) is 21.4. The summed E-state index contributed by atoms with van der Waals surface area (Å²) in [5, 5.41) is 13.2. The van der Waals surface area contributed by atoms with Crippen LogP contribution in [0.25, 0.3) is 0 Å². The van der Waals surface area contributed by atoms with Crippen LogP contribution >= 0.6 is 0 Å². The van der Waals surface area contributed by atoms with Crippen LogP contribution in [-0.2, 0) is 26.0 Å². The number of rotatable bonds is 6. The number of primary sulfonamides is 1. The molecule has 30 heavy (non-hydrogen) atoms. The number of hydrogen-bond donors (Lipinski definition) is 3. The van der Waals surface area contributed by atoms with Crippen molar-refractivity contribution in [2.75, 3.05) is 10.3 Å².